The minimum Gasteiger partial charge on any atom is -0.497 e. The topological polar surface area (TPSA) is 35.2 Å². The van der Waals surface area contributed by atoms with Crippen LogP contribution in [0.25, 0.3) is 0 Å². The van der Waals surface area contributed by atoms with Crippen molar-refractivity contribution in [3.63, 3.8) is 0 Å². The second kappa shape index (κ2) is 6.17. The third kappa shape index (κ3) is 3.55. The Kier molecular flexibility index (Phi) is 4.56. The molecule has 0 saturated carbocycles. The number of methoxy groups -OCH3 is 1. The summed E-state index contributed by atoms with van der Waals surface area (Å²) in [5, 5.41) is 0. The molecular weight excluding hydrogens is 309 g/mol. The predicted octanol–water partition coefficient (Wildman–Crippen LogP) is 3.84. The zero-order valence-corrected chi connectivity index (χ0v) is 12.2. The minimum absolute atomic E-state index is 0.243. The van der Waals surface area contributed by atoms with Crippen LogP contribution in [0.5, 0.6) is 5.75 Å². The quantitative estimate of drug-likeness (QED) is 0.927. The zero-order valence-electron chi connectivity index (χ0n) is 10.6. The highest BCUT2D eigenvalue weighted by molar-refractivity contribution is 9.10. The highest BCUT2D eigenvalue weighted by atomic mass is 79.9. The summed E-state index contributed by atoms with van der Waals surface area (Å²) in [7, 11) is 1.61. The van der Waals surface area contributed by atoms with E-state index in [1.165, 1.54) is 6.07 Å². The van der Waals surface area contributed by atoms with Crippen LogP contribution in [0.1, 0.15) is 17.2 Å². The summed E-state index contributed by atoms with van der Waals surface area (Å²) in [6.07, 6.45) is 0.451. The first-order chi connectivity index (χ1) is 9.10. The molecule has 0 aliphatic rings. The van der Waals surface area contributed by atoms with Crippen LogP contribution in [-0.2, 0) is 6.42 Å². The van der Waals surface area contributed by atoms with Gasteiger partial charge in [-0.2, -0.15) is 0 Å². The fourth-order valence-electron chi connectivity index (χ4n) is 1.91. The average molecular weight is 324 g/mol. The maximum absolute atomic E-state index is 13.8. The Morgan fingerprint density at radius 1 is 1.26 bits per heavy atom. The number of benzene rings is 2. The Bertz CT molecular complexity index is 574. The smallest absolute Gasteiger partial charge is 0.127 e. The molecule has 0 aromatic heterocycles. The Hall–Kier alpha value is -1.39. The molecule has 1 unspecified atom stereocenters. The molecule has 2 N–H and O–H groups in total. The molecule has 1 atom stereocenters. The molecule has 2 rings (SSSR count). The van der Waals surface area contributed by atoms with E-state index < -0.39 is 0 Å². The molecule has 0 saturated heterocycles. The van der Waals surface area contributed by atoms with Crippen LogP contribution < -0.4 is 10.5 Å². The summed E-state index contributed by atoms with van der Waals surface area (Å²) >= 11 is 3.24. The molecule has 0 amide bonds. The Labute approximate surface area is 120 Å². The minimum atomic E-state index is -0.259. The summed E-state index contributed by atoms with van der Waals surface area (Å²) in [5.41, 5.74) is 7.67. The van der Waals surface area contributed by atoms with Crippen LogP contribution in [0.15, 0.2) is 46.9 Å². The first kappa shape index (κ1) is 14.0. The second-order valence-corrected chi connectivity index (χ2v) is 5.24. The van der Waals surface area contributed by atoms with Crippen molar-refractivity contribution in [3.8, 4) is 5.75 Å². The van der Waals surface area contributed by atoms with Crippen molar-refractivity contribution < 1.29 is 9.13 Å². The van der Waals surface area contributed by atoms with Crippen LogP contribution in [-0.4, -0.2) is 7.11 Å². The van der Waals surface area contributed by atoms with Gasteiger partial charge in [0.25, 0.3) is 0 Å². The fraction of sp³-hybridized carbons (Fsp3) is 0.200. The largest absolute Gasteiger partial charge is 0.497 e. The van der Waals surface area contributed by atoms with Crippen molar-refractivity contribution in [1.29, 1.82) is 0 Å². The standard InChI is InChI=1S/C15H15BrFNO/c1-19-13-4-2-3-11(7-13)15(18)8-10-5-6-12(16)9-14(10)17/h2-7,9,15H,8,18H2,1H3. The van der Waals surface area contributed by atoms with Gasteiger partial charge in [-0.25, -0.2) is 4.39 Å². The molecule has 100 valence electrons. The molecule has 2 aromatic carbocycles. The first-order valence-electron chi connectivity index (χ1n) is 5.93. The maximum atomic E-state index is 13.8. The van der Waals surface area contributed by atoms with Crippen molar-refractivity contribution in [2.24, 2.45) is 5.73 Å². The highest BCUT2D eigenvalue weighted by Crippen LogP contribution is 2.23. The Morgan fingerprint density at radius 3 is 2.74 bits per heavy atom. The van der Waals surface area contributed by atoms with Crippen LogP contribution in [0.3, 0.4) is 0 Å². The Morgan fingerprint density at radius 2 is 2.05 bits per heavy atom. The van der Waals surface area contributed by atoms with Gasteiger partial charge in [-0.05, 0) is 41.8 Å². The van der Waals surface area contributed by atoms with E-state index >= 15 is 0 Å². The molecule has 19 heavy (non-hydrogen) atoms. The molecule has 0 aliphatic heterocycles. The fourth-order valence-corrected chi connectivity index (χ4v) is 2.25. The molecule has 0 spiro atoms. The second-order valence-electron chi connectivity index (χ2n) is 4.32. The molecule has 2 aromatic rings. The monoisotopic (exact) mass is 323 g/mol. The Balaban J connectivity index is 2.17. The lowest BCUT2D eigenvalue weighted by Crippen LogP contribution is -2.14. The average Bonchev–Trinajstić information content (AvgIpc) is 2.42. The third-order valence-corrected chi connectivity index (χ3v) is 3.47. The van der Waals surface area contributed by atoms with Crippen molar-refractivity contribution in [2.75, 3.05) is 7.11 Å². The predicted molar refractivity (Wildman–Crippen MR) is 77.7 cm³/mol. The first-order valence-corrected chi connectivity index (χ1v) is 6.73. The highest BCUT2D eigenvalue weighted by Gasteiger charge is 2.11. The van der Waals surface area contributed by atoms with E-state index in [4.69, 9.17) is 10.5 Å². The molecule has 0 radical (unpaired) electrons. The summed E-state index contributed by atoms with van der Waals surface area (Å²) < 4.78 is 19.6. The van der Waals surface area contributed by atoms with Crippen LogP contribution in [0, 0.1) is 5.82 Å². The number of nitrogens with two attached hydrogens (primary N) is 1. The lowest BCUT2D eigenvalue weighted by molar-refractivity contribution is 0.413. The summed E-state index contributed by atoms with van der Waals surface area (Å²) in [5.74, 6) is 0.511. The van der Waals surface area contributed by atoms with E-state index in [9.17, 15) is 4.39 Å². The van der Waals surface area contributed by atoms with Gasteiger partial charge in [0.15, 0.2) is 0 Å². The van der Waals surface area contributed by atoms with Crippen molar-refractivity contribution >= 4 is 15.9 Å². The molecule has 0 aliphatic carbocycles. The number of hydrogen-bond acceptors (Lipinski definition) is 2. The number of rotatable bonds is 4. The van der Waals surface area contributed by atoms with Gasteiger partial charge >= 0.3 is 0 Å². The van der Waals surface area contributed by atoms with Gasteiger partial charge in [-0.3, -0.25) is 0 Å². The van der Waals surface area contributed by atoms with Crippen LogP contribution >= 0.6 is 15.9 Å². The summed E-state index contributed by atoms with van der Waals surface area (Å²) in [6.45, 7) is 0. The van der Waals surface area contributed by atoms with Gasteiger partial charge in [-0.15, -0.1) is 0 Å². The number of halogens is 2. The molecular formula is C15H15BrFNO. The summed E-state index contributed by atoms with van der Waals surface area (Å²) in [6, 6.07) is 12.3. The van der Waals surface area contributed by atoms with Crippen molar-refractivity contribution in [1.82, 2.24) is 0 Å². The number of hydrogen-bond donors (Lipinski definition) is 1. The van der Waals surface area contributed by atoms with E-state index in [-0.39, 0.29) is 11.9 Å². The van der Waals surface area contributed by atoms with Crippen LogP contribution in [0.4, 0.5) is 4.39 Å². The van der Waals surface area contributed by atoms with Crippen molar-refractivity contribution in [3.05, 3.63) is 63.9 Å². The van der Waals surface area contributed by atoms with Gasteiger partial charge in [-0.1, -0.05) is 34.1 Å². The lowest BCUT2D eigenvalue weighted by Gasteiger charge is -2.14. The summed E-state index contributed by atoms with van der Waals surface area (Å²) in [4.78, 5) is 0. The molecule has 0 bridgehead atoms. The van der Waals surface area contributed by atoms with E-state index in [0.29, 0.717) is 12.0 Å². The third-order valence-electron chi connectivity index (χ3n) is 2.98. The van der Waals surface area contributed by atoms with E-state index in [2.05, 4.69) is 15.9 Å². The van der Waals surface area contributed by atoms with E-state index in [0.717, 1.165) is 15.8 Å². The van der Waals surface area contributed by atoms with E-state index in [1.807, 2.05) is 30.3 Å². The van der Waals surface area contributed by atoms with Gasteiger partial charge in [0.2, 0.25) is 0 Å². The van der Waals surface area contributed by atoms with Gasteiger partial charge in [0, 0.05) is 10.5 Å². The maximum Gasteiger partial charge on any atom is 0.127 e. The molecule has 4 heteroatoms. The number of ether oxygens (including phenoxy) is 1. The molecule has 2 nitrogen and oxygen atoms in total. The lowest BCUT2D eigenvalue weighted by atomic mass is 9.99. The SMILES string of the molecule is COc1cccc(C(N)Cc2ccc(Br)cc2F)c1. The van der Waals surface area contributed by atoms with Crippen LogP contribution in [0.2, 0.25) is 0 Å². The van der Waals surface area contributed by atoms with E-state index in [1.54, 1.807) is 13.2 Å². The van der Waals surface area contributed by atoms with Gasteiger partial charge in [0.1, 0.15) is 11.6 Å². The van der Waals surface area contributed by atoms with Gasteiger partial charge < -0.3 is 10.5 Å². The van der Waals surface area contributed by atoms with Gasteiger partial charge in [0.05, 0.1) is 7.11 Å². The van der Waals surface area contributed by atoms with Crippen molar-refractivity contribution in [2.45, 2.75) is 12.5 Å². The normalized spacial score (nSPS) is 12.2. The zero-order chi connectivity index (χ0) is 13.8. The molecule has 0 heterocycles. The molecule has 0 fully saturated rings.